The lowest BCUT2D eigenvalue weighted by molar-refractivity contribution is 0.178. The Morgan fingerprint density at radius 2 is 2.00 bits per heavy atom. The van der Waals surface area contributed by atoms with Gasteiger partial charge in [0, 0.05) is 34.4 Å². The molecule has 1 heterocycles. The maximum Gasteiger partial charge on any atom is 0.0994 e. The molecule has 3 aromatic rings. The first-order valence-electron chi connectivity index (χ1n) is 9.08. The van der Waals surface area contributed by atoms with Crippen molar-refractivity contribution in [2.24, 2.45) is 0 Å². The highest BCUT2D eigenvalue weighted by atomic mass is 16.3. The van der Waals surface area contributed by atoms with Crippen molar-refractivity contribution in [3.05, 3.63) is 53.2 Å². The minimum Gasteiger partial charge on any atom is -0.398 e. The summed E-state index contributed by atoms with van der Waals surface area (Å²) in [5, 5.41) is 20.6. The lowest BCUT2D eigenvalue weighted by Crippen LogP contribution is -2.06. The van der Waals surface area contributed by atoms with E-state index in [0.29, 0.717) is 5.56 Å². The van der Waals surface area contributed by atoms with E-state index in [2.05, 4.69) is 29.0 Å². The van der Waals surface area contributed by atoms with E-state index < -0.39 is 0 Å². The Hall–Kier alpha value is -2.77. The third kappa shape index (κ3) is 2.56. The van der Waals surface area contributed by atoms with Crippen LogP contribution in [-0.2, 0) is 0 Å². The van der Waals surface area contributed by atoms with E-state index in [4.69, 9.17) is 5.73 Å². The van der Waals surface area contributed by atoms with Crippen molar-refractivity contribution < 1.29 is 5.11 Å². The number of nitrogens with zero attached hydrogens (tertiary/aromatic N) is 2. The first-order valence-corrected chi connectivity index (χ1v) is 9.08. The van der Waals surface area contributed by atoms with Gasteiger partial charge in [0.15, 0.2) is 0 Å². The van der Waals surface area contributed by atoms with Gasteiger partial charge in [-0.25, -0.2) is 0 Å². The molecule has 0 radical (unpaired) electrons. The molecule has 1 aromatic heterocycles. The summed E-state index contributed by atoms with van der Waals surface area (Å²) in [6, 6.07) is 12.7. The van der Waals surface area contributed by atoms with Crippen LogP contribution in [0.1, 0.15) is 42.0 Å². The summed E-state index contributed by atoms with van der Waals surface area (Å²) in [6.45, 7) is 4.01. The zero-order valence-electron chi connectivity index (χ0n) is 15.2. The molecule has 1 aliphatic carbocycles. The molecule has 4 rings (SSSR count). The summed E-state index contributed by atoms with van der Waals surface area (Å²) in [4.78, 5) is 0. The maximum absolute atomic E-state index is 10.0. The van der Waals surface area contributed by atoms with Crippen LogP contribution in [0.25, 0.3) is 22.0 Å². The second-order valence-electron chi connectivity index (χ2n) is 7.39. The fourth-order valence-corrected chi connectivity index (χ4v) is 4.17. The van der Waals surface area contributed by atoms with Crippen molar-refractivity contribution in [3.8, 4) is 17.2 Å². The molecular formula is C22H23N3O. The van der Waals surface area contributed by atoms with Crippen molar-refractivity contribution in [3.63, 3.8) is 0 Å². The molecule has 0 saturated heterocycles. The number of nitriles is 1. The summed E-state index contributed by atoms with van der Waals surface area (Å²) >= 11 is 0. The fraction of sp³-hybridized carbons (Fsp3) is 0.318. The van der Waals surface area contributed by atoms with Gasteiger partial charge in [0.1, 0.15) is 0 Å². The highest BCUT2D eigenvalue weighted by Gasteiger charge is 2.26. The Labute approximate surface area is 153 Å². The summed E-state index contributed by atoms with van der Waals surface area (Å²) in [5.74, 6) is 0. The normalized spacial score (nSPS) is 19.8. The molecule has 4 nitrogen and oxygen atoms in total. The third-order valence-electron chi connectivity index (χ3n) is 5.74. The van der Waals surface area contributed by atoms with Gasteiger partial charge in [0.05, 0.1) is 17.7 Å². The average molecular weight is 345 g/mol. The number of nitrogens with two attached hydrogens (primary N) is 1. The molecule has 0 unspecified atom stereocenters. The first-order chi connectivity index (χ1) is 12.5. The first kappa shape index (κ1) is 16.7. The molecule has 132 valence electrons. The molecule has 1 fully saturated rings. The number of anilines is 1. The number of hydrogen-bond donors (Lipinski definition) is 2. The van der Waals surface area contributed by atoms with E-state index in [0.717, 1.165) is 58.1 Å². The van der Waals surface area contributed by atoms with Gasteiger partial charge < -0.3 is 15.4 Å². The Morgan fingerprint density at radius 1 is 1.19 bits per heavy atom. The molecule has 1 aliphatic rings. The topological polar surface area (TPSA) is 75.0 Å². The van der Waals surface area contributed by atoms with Gasteiger partial charge in [-0.1, -0.05) is 12.1 Å². The van der Waals surface area contributed by atoms with Crippen LogP contribution < -0.4 is 5.73 Å². The number of nitrogen functional groups attached to an aromatic ring is 1. The summed E-state index contributed by atoms with van der Waals surface area (Å²) in [6.07, 6.45) is 4.54. The molecule has 2 aromatic carbocycles. The van der Waals surface area contributed by atoms with Crippen LogP contribution in [-0.4, -0.2) is 15.8 Å². The summed E-state index contributed by atoms with van der Waals surface area (Å²) < 4.78 is 2.29. The van der Waals surface area contributed by atoms with Crippen molar-refractivity contribution in [2.75, 3.05) is 5.73 Å². The van der Waals surface area contributed by atoms with Crippen LogP contribution in [0.3, 0.4) is 0 Å². The number of aliphatic hydroxyl groups excluding tert-OH is 1. The van der Waals surface area contributed by atoms with Gasteiger partial charge in [-0.15, -0.1) is 0 Å². The zero-order chi connectivity index (χ0) is 18.4. The van der Waals surface area contributed by atoms with Crippen LogP contribution in [0.15, 0.2) is 36.5 Å². The highest BCUT2D eigenvalue weighted by molar-refractivity contribution is 5.98. The largest absolute Gasteiger partial charge is 0.398 e. The zero-order valence-corrected chi connectivity index (χ0v) is 15.2. The standard InChI is InChI=1S/C22H23N3O/c1-13-8-22-19(9-15(13)11-23)20(18-4-3-5-21(24)14(18)2)12-25(22)16-6-7-17(26)10-16/h3-5,8-9,12,16-17,26H,6-7,10,24H2,1-2H3/t16-,17-/m0/s1. The number of aliphatic hydroxyl groups is 1. The van der Waals surface area contributed by atoms with Crippen LogP contribution in [0, 0.1) is 25.2 Å². The molecule has 0 aliphatic heterocycles. The van der Waals surface area contributed by atoms with Gasteiger partial charge in [-0.2, -0.15) is 5.26 Å². The number of aryl methyl sites for hydroxylation is 1. The molecule has 0 spiro atoms. The van der Waals surface area contributed by atoms with Gasteiger partial charge in [0.2, 0.25) is 0 Å². The second-order valence-corrected chi connectivity index (χ2v) is 7.39. The summed E-state index contributed by atoms with van der Waals surface area (Å²) in [7, 11) is 0. The van der Waals surface area contributed by atoms with E-state index >= 15 is 0 Å². The van der Waals surface area contributed by atoms with Crippen LogP contribution >= 0.6 is 0 Å². The van der Waals surface area contributed by atoms with Crippen LogP contribution in [0.5, 0.6) is 0 Å². The number of aromatic nitrogens is 1. The number of benzene rings is 2. The molecule has 2 atom stereocenters. The Kier molecular flexibility index (Phi) is 3.97. The third-order valence-corrected chi connectivity index (χ3v) is 5.74. The Balaban J connectivity index is 2.01. The van der Waals surface area contributed by atoms with Gasteiger partial charge in [-0.3, -0.25) is 0 Å². The molecular weight excluding hydrogens is 322 g/mol. The van der Waals surface area contributed by atoms with E-state index in [1.165, 1.54) is 0 Å². The Morgan fingerprint density at radius 3 is 2.69 bits per heavy atom. The van der Waals surface area contributed by atoms with Crippen LogP contribution in [0.4, 0.5) is 5.69 Å². The van der Waals surface area contributed by atoms with Crippen molar-refractivity contribution in [2.45, 2.75) is 45.3 Å². The van der Waals surface area contributed by atoms with Crippen molar-refractivity contribution >= 4 is 16.6 Å². The maximum atomic E-state index is 10.0. The smallest absolute Gasteiger partial charge is 0.0994 e. The number of rotatable bonds is 2. The predicted molar refractivity (Wildman–Crippen MR) is 105 cm³/mol. The van der Waals surface area contributed by atoms with E-state index in [1.807, 2.05) is 32.0 Å². The van der Waals surface area contributed by atoms with Crippen LogP contribution in [0.2, 0.25) is 0 Å². The SMILES string of the molecule is Cc1cc2c(cc1C#N)c(-c1cccc(N)c1C)cn2[C@H]1CC[C@H](O)C1. The lowest BCUT2D eigenvalue weighted by Gasteiger charge is -2.14. The lowest BCUT2D eigenvalue weighted by atomic mass is 9.97. The quantitative estimate of drug-likeness (QED) is 0.673. The van der Waals surface area contributed by atoms with E-state index in [-0.39, 0.29) is 12.1 Å². The highest BCUT2D eigenvalue weighted by Crippen LogP contribution is 2.40. The van der Waals surface area contributed by atoms with E-state index in [1.54, 1.807) is 0 Å². The minimum absolute atomic E-state index is 0.227. The predicted octanol–water partition coefficient (Wildman–Crippen LogP) is 4.46. The number of fused-ring (bicyclic) bond motifs is 1. The molecule has 26 heavy (non-hydrogen) atoms. The molecule has 0 amide bonds. The van der Waals surface area contributed by atoms with Crippen molar-refractivity contribution in [1.82, 2.24) is 4.57 Å². The van der Waals surface area contributed by atoms with Gasteiger partial charge in [0.25, 0.3) is 0 Å². The van der Waals surface area contributed by atoms with Gasteiger partial charge >= 0.3 is 0 Å². The second kappa shape index (κ2) is 6.19. The average Bonchev–Trinajstić information content (AvgIpc) is 3.20. The molecule has 3 N–H and O–H groups in total. The van der Waals surface area contributed by atoms with E-state index in [9.17, 15) is 10.4 Å². The molecule has 0 bridgehead atoms. The molecule has 1 saturated carbocycles. The minimum atomic E-state index is -0.227. The summed E-state index contributed by atoms with van der Waals surface area (Å²) in [5.41, 5.74) is 13.0. The fourth-order valence-electron chi connectivity index (χ4n) is 4.17. The Bertz CT molecular complexity index is 1040. The monoisotopic (exact) mass is 345 g/mol. The van der Waals surface area contributed by atoms with Gasteiger partial charge in [-0.05, 0) is 68.0 Å². The molecule has 4 heteroatoms. The van der Waals surface area contributed by atoms with Crippen molar-refractivity contribution in [1.29, 1.82) is 5.26 Å². The number of hydrogen-bond acceptors (Lipinski definition) is 3.